The normalized spacial score (nSPS) is 24.1. The first kappa shape index (κ1) is 16.5. The van der Waals surface area contributed by atoms with Crippen LogP contribution in [0.15, 0.2) is 0 Å². The Morgan fingerprint density at radius 1 is 1.19 bits per heavy atom. The molecule has 1 atom stereocenters. The van der Waals surface area contributed by atoms with Crippen molar-refractivity contribution >= 4 is 5.91 Å². The van der Waals surface area contributed by atoms with Crippen molar-refractivity contribution in [3.05, 3.63) is 0 Å². The number of carbonyl (C=O) groups excluding carboxylic acids is 1. The zero-order valence-electron chi connectivity index (χ0n) is 11.9. The van der Waals surface area contributed by atoms with E-state index < -0.39 is 18.8 Å². The Kier molecular flexibility index (Phi) is 5.45. The molecule has 0 radical (unpaired) electrons. The summed E-state index contributed by atoms with van der Waals surface area (Å²) in [6.07, 6.45) is -2.66. The molecule has 0 aromatic rings. The molecule has 0 aromatic heterocycles. The number of amides is 1. The molecule has 21 heavy (non-hydrogen) atoms. The van der Waals surface area contributed by atoms with Crippen molar-refractivity contribution in [2.24, 2.45) is 11.7 Å². The summed E-state index contributed by atoms with van der Waals surface area (Å²) in [5, 5.41) is 0. The Morgan fingerprint density at radius 3 is 2.29 bits per heavy atom. The van der Waals surface area contributed by atoms with E-state index in [0.29, 0.717) is 26.3 Å². The zero-order chi connectivity index (χ0) is 15.5. The van der Waals surface area contributed by atoms with Crippen LogP contribution in [-0.4, -0.2) is 73.9 Å². The lowest BCUT2D eigenvalue weighted by Crippen LogP contribution is -2.56. The summed E-state index contributed by atoms with van der Waals surface area (Å²) in [6, 6.07) is -0.567. The number of ether oxygens (including phenoxy) is 1. The number of nitrogens with zero attached hydrogens (tertiary/aromatic N) is 2. The minimum absolute atomic E-state index is 0.111. The van der Waals surface area contributed by atoms with Crippen LogP contribution in [-0.2, 0) is 9.53 Å². The van der Waals surface area contributed by atoms with Crippen molar-refractivity contribution in [2.75, 3.05) is 45.9 Å². The van der Waals surface area contributed by atoms with Crippen LogP contribution in [0.4, 0.5) is 13.2 Å². The molecule has 1 unspecified atom stereocenters. The first-order valence-corrected chi connectivity index (χ1v) is 7.28. The first-order chi connectivity index (χ1) is 9.87. The second kappa shape index (κ2) is 6.93. The fourth-order valence-corrected chi connectivity index (χ4v) is 2.87. The summed E-state index contributed by atoms with van der Waals surface area (Å²) in [5.74, 6) is -0.0342. The van der Waals surface area contributed by atoms with Gasteiger partial charge in [0.05, 0.1) is 12.6 Å². The highest BCUT2D eigenvalue weighted by atomic mass is 19.4. The van der Waals surface area contributed by atoms with Gasteiger partial charge in [0.25, 0.3) is 0 Å². The number of nitrogens with two attached hydrogens (primary N) is 1. The summed E-state index contributed by atoms with van der Waals surface area (Å²) in [5.41, 5.74) is 6.02. The van der Waals surface area contributed by atoms with Crippen molar-refractivity contribution in [1.29, 1.82) is 0 Å². The molecule has 0 aromatic carbocycles. The quantitative estimate of drug-likeness (QED) is 0.822. The first-order valence-electron chi connectivity index (χ1n) is 7.28. The summed E-state index contributed by atoms with van der Waals surface area (Å²) in [6.45, 7) is 1.42. The SMILES string of the molecule is NC(C(=O)N1CCN(CC(F)(F)F)CC1)C1CCOCC1. The lowest BCUT2D eigenvalue weighted by molar-refractivity contribution is -0.152. The fourth-order valence-electron chi connectivity index (χ4n) is 2.87. The Balaban J connectivity index is 1.79. The Hall–Kier alpha value is -0.860. The average molecular weight is 309 g/mol. The highest BCUT2D eigenvalue weighted by Crippen LogP contribution is 2.21. The predicted octanol–water partition coefficient (Wildman–Crippen LogP) is 0.447. The zero-order valence-corrected chi connectivity index (χ0v) is 11.9. The van der Waals surface area contributed by atoms with Gasteiger partial charge in [-0.2, -0.15) is 13.2 Å². The highest BCUT2D eigenvalue weighted by Gasteiger charge is 2.35. The number of hydrogen-bond donors (Lipinski definition) is 1. The third-order valence-corrected chi connectivity index (χ3v) is 4.15. The molecule has 0 spiro atoms. The van der Waals surface area contributed by atoms with E-state index in [0.717, 1.165) is 12.8 Å². The van der Waals surface area contributed by atoms with E-state index in [4.69, 9.17) is 10.5 Å². The maximum atomic E-state index is 12.3. The van der Waals surface area contributed by atoms with Gasteiger partial charge in [0.2, 0.25) is 5.91 Å². The maximum absolute atomic E-state index is 12.3. The van der Waals surface area contributed by atoms with Crippen molar-refractivity contribution in [3.63, 3.8) is 0 Å². The van der Waals surface area contributed by atoms with Crippen LogP contribution in [0.5, 0.6) is 0 Å². The van der Waals surface area contributed by atoms with Gasteiger partial charge in [-0.1, -0.05) is 0 Å². The molecule has 122 valence electrons. The van der Waals surface area contributed by atoms with Crippen LogP contribution in [0, 0.1) is 5.92 Å². The Bertz CT molecular complexity index is 351. The number of piperazine rings is 1. The molecule has 1 amide bonds. The summed E-state index contributed by atoms with van der Waals surface area (Å²) >= 11 is 0. The van der Waals surface area contributed by atoms with Crippen molar-refractivity contribution < 1.29 is 22.7 Å². The van der Waals surface area contributed by atoms with E-state index in [9.17, 15) is 18.0 Å². The van der Waals surface area contributed by atoms with E-state index >= 15 is 0 Å². The Morgan fingerprint density at radius 2 is 1.76 bits per heavy atom. The molecule has 2 fully saturated rings. The van der Waals surface area contributed by atoms with Crippen molar-refractivity contribution in [3.8, 4) is 0 Å². The number of alkyl halides is 3. The molecule has 2 saturated heterocycles. The van der Waals surface area contributed by atoms with Crippen LogP contribution < -0.4 is 5.73 Å². The average Bonchev–Trinajstić information content (AvgIpc) is 2.46. The largest absolute Gasteiger partial charge is 0.401 e. The fraction of sp³-hybridized carbons (Fsp3) is 0.923. The molecular formula is C13H22F3N3O2. The summed E-state index contributed by atoms with van der Waals surface area (Å²) in [4.78, 5) is 15.2. The van der Waals surface area contributed by atoms with Gasteiger partial charge in [0.15, 0.2) is 0 Å². The Labute approximate surface area is 122 Å². The van der Waals surface area contributed by atoms with Gasteiger partial charge < -0.3 is 15.4 Å². The molecule has 5 nitrogen and oxygen atoms in total. The molecule has 2 aliphatic heterocycles. The molecule has 2 heterocycles. The van der Waals surface area contributed by atoms with Crippen LogP contribution in [0.1, 0.15) is 12.8 Å². The smallest absolute Gasteiger partial charge is 0.381 e. The van der Waals surface area contributed by atoms with Gasteiger partial charge in [-0.25, -0.2) is 0 Å². The standard InChI is InChI=1S/C13H22F3N3O2/c14-13(15,16)9-18-3-5-19(6-4-18)12(20)11(17)10-1-7-21-8-2-10/h10-11H,1-9,17H2. The second-order valence-corrected chi connectivity index (χ2v) is 5.69. The topological polar surface area (TPSA) is 58.8 Å². The van der Waals surface area contributed by atoms with E-state index in [1.807, 2.05) is 0 Å². The predicted molar refractivity (Wildman–Crippen MR) is 70.6 cm³/mol. The number of rotatable bonds is 3. The lowest BCUT2D eigenvalue weighted by Gasteiger charge is -2.37. The molecule has 0 bridgehead atoms. The second-order valence-electron chi connectivity index (χ2n) is 5.69. The molecule has 8 heteroatoms. The van der Waals surface area contributed by atoms with Gasteiger partial charge in [-0.05, 0) is 18.8 Å². The van der Waals surface area contributed by atoms with Crippen LogP contribution >= 0.6 is 0 Å². The number of carbonyl (C=O) groups is 1. The van der Waals surface area contributed by atoms with Crippen molar-refractivity contribution in [1.82, 2.24) is 9.80 Å². The van der Waals surface area contributed by atoms with E-state index in [1.54, 1.807) is 4.90 Å². The van der Waals surface area contributed by atoms with Crippen LogP contribution in [0.3, 0.4) is 0 Å². The van der Waals surface area contributed by atoms with Crippen molar-refractivity contribution in [2.45, 2.75) is 25.1 Å². The van der Waals surface area contributed by atoms with E-state index in [2.05, 4.69) is 0 Å². The molecule has 2 aliphatic rings. The summed E-state index contributed by atoms with van der Waals surface area (Å²) < 4.78 is 42.2. The van der Waals surface area contributed by atoms with Gasteiger partial charge in [-0.3, -0.25) is 9.69 Å². The minimum Gasteiger partial charge on any atom is -0.381 e. The molecule has 0 saturated carbocycles. The molecular weight excluding hydrogens is 287 g/mol. The molecule has 0 aliphatic carbocycles. The van der Waals surface area contributed by atoms with E-state index in [-0.39, 0.29) is 24.9 Å². The molecule has 2 N–H and O–H groups in total. The van der Waals surface area contributed by atoms with Gasteiger partial charge in [-0.15, -0.1) is 0 Å². The van der Waals surface area contributed by atoms with E-state index in [1.165, 1.54) is 4.90 Å². The molecule has 2 rings (SSSR count). The highest BCUT2D eigenvalue weighted by molar-refractivity contribution is 5.82. The lowest BCUT2D eigenvalue weighted by atomic mass is 9.91. The van der Waals surface area contributed by atoms with Gasteiger partial charge in [0, 0.05) is 39.4 Å². The van der Waals surface area contributed by atoms with Gasteiger partial charge in [0.1, 0.15) is 0 Å². The minimum atomic E-state index is -4.19. The summed E-state index contributed by atoms with van der Waals surface area (Å²) in [7, 11) is 0. The number of hydrogen-bond acceptors (Lipinski definition) is 4. The maximum Gasteiger partial charge on any atom is 0.401 e. The van der Waals surface area contributed by atoms with Crippen LogP contribution in [0.25, 0.3) is 0 Å². The van der Waals surface area contributed by atoms with Gasteiger partial charge >= 0.3 is 6.18 Å². The van der Waals surface area contributed by atoms with Crippen LogP contribution in [0.2, 0.25) is 0 Å². The third-order valence-electron chi connectivity index (χ3n) is 4.15. The number of halogens is 3. The monoisotopic (exact) mass is 309 g/mol. The third kappa shape index (κ3) is 4.82.